The van der Waals surface area contributed by atoms with Crippen LogP contribution in [0.25, 0.3) is 0 Å². The Bertz CT molecular complexity index is 552. The number of halogens is 1. The van der Waals surface area contributed by atoms with Gasteiger partial charge in [0.15, 0.2) is 0 Å². The van der Waals surface area contributed by atoms with Crippen LogP contribution in [0.2, 0.25) is 5.02 Å². The highest BCUT2D eigenvalue weighted by Gasteiger charge is 2.30. The SMILES string of the molecule is Cc1ccc(N2CC[N+](C)(CCC(=O)OC(C)C)CC2)c(Cl)c1. The first-order valence-corrected chi connectivity index (χ1v) is 8.71. The zero-order valence-corrected chi connectivity index (χ0v) is 15.4. The summed E-state index contributed by atoms with van der Waals surface area (Å²) in [5, 5.41) is 0.821. The third-order valence-corrected chi connectivity index (χ3v) is 4.79. The lowest BCUT2D eigenvalue weighted by Crippen LogP contribution is -2.58. The number of esters is 1. The van der Waals surface area contributed by atoms with E-state index in [0.717, 1.165) is 47.9 Å². The number of likely N-dealkylation sites (N-methyl/N-ethyl adjacent to an activating group) is 1. The highest BCUT2D eigenvalue weighted by Crippen LogP contribution is 2.28. The molecule has 1 aliphatic heterocycles. The van der Waals surface area contributed by atoms with Gasteiger partial charge in [-0.15, -0.1) is 0 Å². The molecule has 0 bridgehead atoms. The van der Waals surface area contributed by atoms with E-state index in [-0.39, 0.29) is 12.1 Å². The Morgan fingerprint density at radius 2 is 2.00 bits per heavy atom. The molecule has 0 unspecified atom stereocenters. The van der Waals surface area contributed by atoms with Crippen LogP contribution in [0.5, 0.6) is 0 Å². The number of hydrogen-bond acceptors (Lipinski definition) is 3. The highest BCUT2D eigenvalue weighted by molar-refractivity contribution is 6.33. The molecule has 1 aliphatic rings. The van der Waals surface area contributed by atoms with Crippen LogP contribution in [0.15, 0.2) is 18.2 Å². The minimum Gasteiger partial charge on any atom is -0.463 e. The maximum atomic E-state index is 11.7. The van der Waals surface area contributed by atoms with Crippen molar-refractivity contribution in [3.8, 4) is 0 Å². The topological polar surface area (TPSA) is 29.5 Å². The molecular weight excluding hydrogens is 312 g/mol. The molecule has 4 nitrogen and oxygen atoms in total. The van der Waals surface area contributed by atoms with Crippen molar-refractivity contribution in [2.24, 2.45) is 0 Å². The molecule has 2 rings (SSSR count). The molecule has 0 radical (unpaired) electrons. The van der Waals surface area contributed by atoms with E-state index < -0.39 is 0 Å². The average Bonchev–Trinajstić information content (AvgIpc) is 2.46. The number of ether oxygens (including phenoxy) is 1. The van der Waals surface area contributed by atoms with Crippen molar-refractivity contribution in [2.45, 2.75) is 33.3 Å². The van der Waals surface area contributed by atoms with Gasteiger partial charge in [0.05, 0.1) is 63.0 Å². The fourth-order valence-corrected chi connectivity index (χ4v) is 3.32. The number of quaternary nitrogens is 1. The van der Waals surface area contributed by atoms with E-state index in [0.29, 0.717) is 6.42 Å². The second-order valence-corrected chi connectivity index (χ2v) is 7.43. The third kappa shape index (κ3) is 5.11. The molecule has 1 saturated heterocycles. The Kier molecular flexibility index (Phi) is 5.93. The largest absolute Gasteiger partial charge is 0.463 e. The van der Waals surface area contributed by atoms with Gasteiger partial charge in [0.25, 0.3) is 0 Å². The fraction of sp³-hybridized carbons (Fsp3) is 0.611. The number of nitrogens with zero attached hydrogens (tertiary/aromatic N) is 2. The molecule has 0 aromatic heterocycles. The van der Waals surface area contributed by atoms with E-state index in [4.69, 9.17) is 16.3 Å². The maximum absolute atomic E-state index is 11.7. The predicted octanol–water partition coefficient (Wildman–Crippen LogP) is 3.26. The van der Waals surface area contributed by atoms with Gasteiger partial charge in [-0.05, 0) is 38.5 Å². The lowest BCUT2D eigenvalue weighted by atomic mass is 10.1. The minimum absolute atomic E-state index is 0.0340. The van der Waals surface area contributed by atoms with Crippen molar-refractivity contribution in [1.29, 1.82) is 0 Å². The standard InChI is InChI=1S/C18H28ClN2O2/c1-14(2)23-18(22)7-10-21(4)11-8-20(9-12-21)17-6-5-15(3)13-16(17)19/h5-6,13-14H,7-12H2,1-4H3/q+1. The van der Waals surface area contributed by atoms with Gasteiger partial charge in [-0.3, -0.25) is 4.79 Å². The summed E-state index contributed by atoms with van der Waals surface area (Å²) in [6.07, 6.45) is 0.452. The summed E-state index contributed by atoms with van der Waals surface area (Å²) < 4.78 is 6.14. The molecule has 0 atom stereocenters. The Morgan fingerprint density at radius 3 is 2.57 bits per heavy atom. The van der Waals surface area contributed by atoms with Gasteiger partial charge >= 0.3 is 5.97 Å². The normalized spacial score (nSPS) is 17.4. The molecule has 5 heteroatoms. The van der Waals surface area contributed by atoms with E-state index >= 15 is 0 Å². The van der Waals surface area contributed by atoms with Gasteiger partial charge in [-0.25, -0.2) is 0 Å². The quantitative estimate of drug-likeness (QED) is 0.609. The van der Waals surface area contributed by atoms with Crippen molar-refractivity contribution < 1.29 is 14.0 Å². The first-order chi connectivity index (χ1) is 10.8. The van der Waals surface area contributed by atoms with Gasteiger partial charge in [-0.2, -0.15) is 0 Å². The summed E-state index contributed by atoms with van der Waals surface area (Å²) in [6.45, 7) is 10.6. The zero-order chi connectivity index (χ0) is 17.0. The number of hydrogen-bond donors (Lipinski definition) is 0. The monoisotopic (exact) mass is 339 g/mol. The van der Waals surface area contributed by atoms with E-state index in [1.807, 2.05) is 19.9 Å². The molecule has 1 heterocycles. The molecule has 128 valence electrons. The molecule has 0 aliphatic carbocycles. The first-order valence-electron chi connectivity index (χ1n) is 8.33. The molecule has 1 fully saturated rings. The lowest BCUT2D eigenvalue weighted by molar-refractivity contribution is -0.909. The van der Waals surface area contributed by atoms with Gasteiger partial charge in [0.1, 0.15) is 0 Å². The summed E-state index contributed by atoms with van der Waals surface area (Å²) >= 11 is 6.38. The molecule has 0 N–H and O–H groups in total. The molecule has 1 aromatic carbocycles. The number of carbonyl (C=O) groups is 1. The summed E-state index contributed by atoms with van der Waals surface area (Å²) in [6, 6.07) is 6.22. The van der Waals surface area contributed by atoms with Crippen LogP contribution in [0, 0.1) is 6.92 Å². The summed E-state index contributed by atoms with van der Waals surface area (Å²) in [7, 11) is 2.22. The molecule has 0 amide bonds. The van der Waals surface area contributed by atoms with Gasteiger partial charge in [0.2, 0.25) is 0 Å². The van der Waals surface area contributed by atoms with Crippen molar-refractivity contribution in [2.75, 3.05) is 44.7 Å². The smallest absolute Gasteiger partial charge is 0.311 e. The maximum Gasteiger partial charge on any atom is 0.311 e. The van der Waals surface area contributed by atoms with E-state index in [2.05, 4.69) is 31.0 Å². The number of carbonyl (C=O) groups excluding carboxylic acids is 1. The van der Waals surface area contributed by atoms with Gasteiger partial charge < -0.3 is 14.1 Å². The lowest BCUT2D eigenvalue weighted by Gasteiger charge is -2.43. The second kappa shape index (κ2) is 7.54. The van der Waals surface area contributed by atoms with Crippen LogP contribution in [-0.2, 0) is 9.53 Å². The molecule has 1 aromatic rings. The first kappa shape index (κ1) is 18.1. The van der Waals surface area contributed by atoms with Crippen molar-refractivity contribution in [1.82, 2.24) is 0 Å². The molecular formula is C18H28ClN2O2+. The summed E-state index contributed by atoms with van der Waals surface area (Å²) in [5.41, 5.74) is 2.29. The van der Waals surface area contributed by atoms with E-state index in [9.17, 15) is 4.79 Å². The minimum atomic E-state index is -0.0941. The van der Waals surface area contributed by atoms with Crippen LogP contribution >= 0.6 is 11.6 Å². The number of piperazine rings is 1. The Morgan fingerprint density at radius 1 is 1.35 bits per heavy atom. The van der Waals surface area contributed by atoms with E-state index in [1.54, 1.807) is 0 Å². The van der Waals surface area contributed by atoms with E-state index in [1.165, 1.54) is 5.56 Å². The zero-order valence-electron chi connectivity index (χ0n) is 14.6. The number of aryl methyl sites for hydroxylation is 1. The summed E-state index contributed by atoms with van der Waals surface area (Å²) in [5.74, 6) is -0.0941. The van der Waals surface area contributed by atoms with Crippen LogP contribution in [-0.4, -0.2) is 56.3 Å². The highest BCUT2D eigenvalue weighted by atomic mass is 35.5. The predicted molar refractivity (Wildman–Crippen MR) is 95.0 cm³/mol. The number of benzene rings is 1. The Hall–Kier alpha value is -1.26. The van der Waals surface area contributed by atoms with Crippen LogP contribution in [0.1, 0.15) is 25.8 Å². The molecule has 23 heavy (non-hydrogen) atoms. The van der Waals surface area contributed by atoms with Crippen LogP contribution < -0.4 is 4.90 Å². The van der Waals surface area contributed by atoms with Crippen LogP contribution in [0.3, 0.4) is 0 Å². The Balaban J connectivity index is 1.88. The van der Waals surface area contributed by atoms with Crippen molar-refractivity contribution in [3.63, 3.8) is 0 Å². The third-order valence-electron chi connectivity index (χ3n) is 4.49. The number of rotatable bonds is 5. The number of anilines is 1. The van der Waals surface area contributed by atoms with Crippen molar-refractivity contribution >= 4 is 23.3 Å². The fourth-order valence-electron chi connectivity index (χ4n) is 2.96. The molecule has 0 saturated carbocycles. The van der Waals surface area contributed by atoms with Crippen molar-refractivity contribution in [3.05, 3.63) is 28.8 Å². The second-order valence-electron chi connectivity index (χ2n) is 7.02. The average molecular weight is 340 g/mol. The Labute approximate surface area is 144 Å². The van der Waals surface area contributed by atoms with Gasteiger partial charge in [0, 0.05) is 0 Å². The summed E-state index contributed by atoms with van der Waals surface area (Å²) in [4.78, 5) is 14.1. The molecule has 0 spiro atoms. The van der Waals surface area contributed by atoms with Crippen LogP contribution in [0.4, 0.5) is 5.69 Å². The van der Waals surface area contributed by atoms with Gasteiger partial charge in [-0.1, -0.05) is 17.7 Å².